The van der Waals surface area contributed by atoms with Gasteiger partial charge in [0.25, 0.3) is 0 Å². The number of ether oxygens (including phenoxy) is 1. The first-order chi connectivity index (χ1) is 8.54. The summed E-state index contributed by atoms with van der Waals surface area (Å²) in [4.78, 5) is 12.0. The van der Waals surface area contributed by atoms with Gasteiger partial charge >= 0.3 is 5.97 Å². The molecular formula is C16H26O2. The molecule has 0 aromatic rings. The van der Waals surface area contributed by atoms with Crippen LogP contribution in [0.4, 0.5) is 0 Å². The van der Waals surface area contributed by atoms with Crippen LogP contribution in [-0.2, 0) is 9.53 Å². The van der Waals surface area contributed by atoms with Gasteiger partial charge in [-0.05, 0) is 43.9 Å². The molecule has 18 heavy (non-hydrogen) atoms. The quantitative estimate of drug-likeness (QED) is 0.557. The summed E-state index contributed by atoms with van der Waals surface area (Å²) in [5.74, 6) is 0.557. The lowest BCUT2D eigenvalue weighted by molar-refractivity contribution is -0.151. The lowest BCUT2D eigenvalue weighted by atomic mass is 9.48. The summed E-state index contributed by atoms with van der Waals surface area (Å²) >= 11 is 0. The second-order valence-corrected chi connectivity index (χ2v) is 6.32. The zero-order chi connectivity index (χ0) is 13.2. The van der Waals surface area contributed by atoms with Gasteiger partial charge in [0.2, 0.25) is 0 Å². The molecule has 0 saturated heterocycles. The van der Waals surface area contributed by atoms with E-state index in [4.69, 9.17) is 4.74 Å². The minimum Gasteiger partial charge on any atom is -0.466 e. The van der Waals surface area contributed by atoms with E-state index >= 15 is 0 Å². The highest BCUT2D eigenvalue weighted by atomic mass is 16.5. The molecule has 0 radical (unpaired) electrons. The van der Waals surface area contributed by atoms with Gasteiger partial charge < -0.3 is 4.74 Å². The Morgan fingerprint density at radius 3 is 2.94 bits per heavy atom. The largest absolute Gasteiger partial charge is 0.466 e. The van der Waals surface area contributed by atoms with Crippen molar-refractivity contribution in [3.05, 3.63) is 12.2 Å². The summed E-state index contributed by atoms with van der Waals surface area (Å²) in [5, 5.41) is 0. The SMILES string of the molecule is CCOC(=O)C[C@]12C=CCC[C@]1(C)CCC[C@@H]2C. The lowest BCUT2D eigenvalue weighted by Gasteiger charge is -2.56. The number of esters is 1. The molecule has 0 aromatic heterocycles. The molecule has 102 valence electrons. The number of hydrogen-bond donors (Lipinski definition) is 0. The van der Waals surface area contributed by atoms with Gasteiger partial charge in [0.1, 0.15) is 0 Å². The third-order valence-corrected chi connectivity index (χ3v) is 5.39. The summed E-state index contributed by atoms with van der Waals surface area (Å²) in [6.07, 6.45) is 11.4. The Bertz CT molecular complexity index is 347. The molecule has 2 nitrogen and oxygen atoms in total. The van der Waals surface area contributed by atoms with Crippen LogP contribution in [-0.4, -0.2) is 12.6 Å². The van der Waals surface area contributed by atoms with E-state index in [1.165, 1.54) is 25.7 Å². The first kappa shape index (κ1) is 13.6. The summed E-state index contributed by atoms with van der Waals surface area (Å²) < 4.78 is 5.21. The maximum atomic E-state index is 12.0. The van der Waals surface area contributed by atoms with Crippen LogP contribution in [0.2, 0.25) is 0 Å². The molecule has 0 bridgehead atoms. The van der Waals surface area contributed by atoms with Crippen molar-refractivity contribution in [1.82, 2.24) is 0 Å². The van der Waals surface area contributed by atoms with Gasteiger partial charge in [-0.3, -0.25) is 4.79 Å². The maximum Gasteiger partial charge on any atom is 0.306 e. The van der Waals surface area contributed by atoms with Crippen molar-refractivity contribution in [1.29, 1.82) is 0 Å². The van der Waals surface area contributed by atoms with Gasteiger partial charge in [0.05, 0.1) is 13.0 Å². The predicted molar refractivity (Wildman–Crippen MR) is 73.2 cm³/mol. The fourth-order valence-electron chi connectivity index (χ4n) is 4.20. The topological polar surface area (TPSA) is 26.3 Å². The first-order valence-corrected chi connectivity index (χ1v) is 7.37. The third kappa shape index (κ3) is 2.10. The van der Waals surface area contributed by atoms with Crippen LogP contribution in [0.5, 0.6) is 0 Å². The Labute approximate surface area is 111 Å². The molecule has 2 aliphatic carbocycles. The normalized spacial score (nSPS) is 39.2. The molecule has 0 spiro atoms. The van der Waals surface area contributed by atoms with Crippen molar-refractivity contribution >= 4 is 5.97 Å². The van der Waals surface area contributed by atoms with Crippen LogP contribution in [0, 0.1) is 16.7 Å². The van der Waals surface area contributed by atoms with E-state index in [1.54, 1.807) is 0 Å². The van der Waals surface area contributed by atoms with Crippen LogP contribution >= 0.6 is 0 Å². The highest BCUT2D eigenvalue weighted by Gasteiger charge is 2.53. The molecule has 2 aliphatic rings. The summed E-state index contributed by atoms with van der Waals surface area (Å²) in [7, 11) is 0. The predicted octanol–water partition coefficient (Wildman–Crippen LogP) is 4.10. The van der Waals surface area contributed by atoms with Crippen LogP contribution in [0.1, 0.15) is 59.3 Å². The van der Waals surface area contributed by atoms with Crippen molar-refractivity contribution in [3.8, 4) is 0 Å². The molecule has 0 heterocycles. The number of fused-ring (bicyclic) bond motifs is 1. The second-order valence-electron chi connectivity index (χ2n) is 6.32. The van der Waals surface area contributed by atoms with Crippen molar-refractivity contribution in [2.45, 2.75) is 59.3 Å². The Balaban J connectivity index is 2.29. The van der Waals surface area contributed by atoms with Gasteiger partial charge in [0.15, 0.2) is 0 Å². The Morgan fingerprint density at radius 1 is 1.44 bits per heavy atom. The fraction of sp³-hybridized carbons (Fsp3) is 0.812. The van der Waals surface area contributed by atoms with Gasteiger partial charge in [-0.25, -0.2) is 0 Å². The number of allylic oxidation sites excluding steroid dienone is 2. The zero-order valence-corrected chi connectivity index (χ0v) is 12.0. The van der Waals surface area contributed by atoms with Gasteiger partial charge in [-0.1, -0.05) is 32.4 Å². The molecule has 1 saturated carbocycles. The van der Waals surface area contributed by atoms with Crippen molar-refractivity contribution < 1.29 is 9.53 Å². The molecule has 2 rings (SSSR count). The smallest absolute Gasteiger partial charge is 0.306 e. The average molecular weight is 250 g/mol. The molecule has 0 aromatic carbocycles. The van der Waals surface area contributed by atoms with Crippen LogP contribution in [0.25, 0.3) is 0 Å². The van der Waals surface area contributed by atoms with E-state index in [1.807, 2.05) is 6.92 Å². The Morgan fingerprint density at radius 2 is 2.22 bits per heavy atom. The van der Waals surface area contributed by atoms with Crippen LogP contribution in [0.15, 0.2) is 12.2 Å². The van der Waals surface area contributed by atoms with E-state index < -0.39 is 0 Å². The van der Waals surface area contributed by atoms with Crippen molar-refractivity contribution in [3.63, 3.8) is 0 Å². The molecular weight excluding hydrogens is 224 g/mol. The number of hydrogen-bond acceptors (Lipinski definition) is 2. The van der Waals surface area contributed by atoms with Crippen molar-refractivity contribution in [2.75, 3.05) is 6.61 Å². The maximum absolute atomic E-state index is 12.0. The fourth-order valence-corrected chi connectivity index (χ4v) is 4.20. The average Bonchev–Trinajstić information content (AvgIpc) is 2.31. The third-order valence-electron chi connectivity index (χ3n) is 5.39. The lowest BCUT2D eigenvalue weighted by Crippen LogP contribution is -2.49. The second kappa shape index (κ2) is 5.07. The van der Waals surface area contributed by atoms with Crippen LogP contribution < -0.4 is 0 Å². The first-order valence-electron chi connectivity index (χ1n) is 7.37. The molecule has 3 atom stereocenters. The molecule has 0 aliphatic heterocycles. The number of carbonyl (C=O) groups excluding carboxylic acids is 1. The van der Waals surface area contributed by atoms with E-state index in [2.05, 4.69) is 26.0 Å². The number of carbonyl (C=O) groups is 1. The van der Waals surface area contributed by atoms with Gasteiger partial charge in [-0.2, -0.15) is 0 Å². The minimum absolute atomic E-state index is 0.0241. The molecule has 2 heteroatoms. The summed E-state index contributed by atoms with van der Waals surface area (Å²) in [5.41, 5.74) is 0.321. The summed E-state index contributed by atoms with van der Waals surface area (Å²) in [6.45, 7) is 7.07. The molecule has 1 fully saturated rings. The minimum atomic E-state index is -0.0241. The highest BCUT2D eigenvalue weighted by Crippen LogP contribution is 2.60. The Hall–Kier alpha value is -0.790. The van der Waals surface area contributed by atoms with Gasteiger partial charge in [0, 0.05) is 5.41 Å². The molecule has 0 amide bonds. The monoisotopic (exact) mass is 250 g/mol. The van der Waals surface area contributed by atoms with Gasteiger partial charge in [-0.15, -0.1) is 0 Å². The van der Waals surface area contributed by atoms with E-state index in [9.17, 15) is 4.79 Å². The molecule has 0 N–H and O–H groups in total. The van der Waals surface area contributed by atoms with Crippen LogP contribution in [0.3, 0.4) is 0 Å². The summed E-state index contributed by atoms with van der Waals surface area (Å²) in [6, 6.07) is 0. The standard InChI is InChI=1S/C16H26O2/c1-4-18-14(17)12-16-11-6-5-9-15(16,3)10-7-8-13(16)2/h6,11,13H,4-5,7-10,12H2,1-3H3/t13-,15+,16-/m0/s1. The zero-order valence-electron chi connectivity index (χ0n) is 12.0. The number of rotatable bonds is 3. The van der Waals surface area contributed by atoms with E-state index in [0.717, 1.165) is 6.42 Å². The molecule has 0 unspecified atom stereocenters. The Kier molecular flexibility index (Phi) is 3.84. The highest BCUT2D eigenvalue weighted by molar-refractivity contribution is 5.71. The van der Waals surface area contributed by atoms with E-state index in [0.29, 0.717) is 18.9 Å². The van der Waals surface area contributed by atoms with Crippen molar-refractivity contribution in [2.24, 2.45) is 16.7 Å². The van der Waals surface area contributed by atoms with E-state index in [-0.39, 0.29) is 16.8 Å².